The third kappa shape index (κ3) is 4.79. The van der Waals surface area contributed by atoms with E-state index in [4.69, 9.17) is 15.0 Å². The molecule has 50 heavy (non-hydrogen) atoms. The maximum Gasteiger partial charge on any atom is 0.238 e. The van der Waals surface area contributed by atoms with Crippen LogP contribution in [0.15, 0.2) is 170 Å². The van der Waals surface area contributed by atoms with Gasteiger partial charge in [-0.05, 0) is 70.8 Å². The number of thiophene rings is 1. The molecule has 3 aromatic heterocycles. The quantitative estimate of drug-likeness (QED) is 0.185. The molecule has 3 heterocycles. The van der Waals surface area contributed by atoms with E-state index in [1.807, 2.05) is 17.4 Å². The minimum absolute atomic E-state index is 0.592. The van der Waals surface area contributed by atoms with Gasteiger partial charge in [0.25, 0.3) is 0 Å². The van der Waals surface area contributed by atoms with Gasteiger partial charge in [-0.2, -0.15) is 9.97 Å². The van der Waals surface area contributed by atoms with Crippen LogP contribution in [0.3, 0.4) is 0 Å². The Labute approximate surface area is 292 Å². The lowest BCUT2D eigenvalue weighted by molar-refractivity contribution is 0.954. The predicted molar refractivity (Wildman–Crippen MR) is 209 cm³/mol. The molecule has 0 fully saturated rings. The summed E-state index contributed by atoms with van der Waals surface area (Å²) in [5.41, 5.74) is 8.62. The maximum absolute atomic E-state index is 5.22. The summed E-state index contributed by atoms with van der Waals surface area (Å²) in [6, 6.07) is 59.8. The number of para-hydroxylation sites is 2. The summed E-state index contributed by atoms with van der Waals surface area (Å²) >= 11 is 1.81. The van der Waals surface area contributed by atoms with Crippen molar-refractivity contribution in [2.75, 3.05) is 0 Å². The number of rotatable bonds is 5. The van der Waals surface area contributed by atoms with Crippen molar-refractivity contribution in [1.29, 1.82) is 0 Å². The van der Waals surface area contributed by atoms with Crippen LogP contribution in [-0.2, 0) is 0 Å². The summed E-state index contributed by atoms with van der Waals surface area (Å²) in [6.07, 6.45) is 0. The van der Waals surface area contributed by atoms with Crippen molar-refractivity contribution < 1.29 is 0 Å². The molecular formula is C45H28N4S. The zero-order chi connectivity index (χ0) is 33.0. The molecule has 5 heteroatoms. The molecule has 0 saturated carbocycles. The average molecular weight is 657 g/mol. The van der Waals surface area contributed by atoms with E-state index in [0.29, 0.717) is 17.6 Å². The minimum Gasteiger partial charge on any atom is -0.278 e. The molecule has 0 amide bonds. The van der Waals surface area contributed by atoms with E-state index < -0.39 is 0 Å². The smallest absolute Gasteiger partial charge is 0.238 e. The van der Waals surface area contributed by atoms with E-state index >= 15 is 0 Å². The third-order valence-electron chi connectivity index (χ3n) is 9.46. The minimum atomic E-state index is 0.592. The van der Waals surface area contributed by atoms with Crippen molar-refractivity contribution >= 4 is 53.3 Å². The summed E-state index contributed by atoms with van der Waals surface area (Å²) in [4.78, 5) is 15.6. The number of nitrogens with zero attached hydrogens (tertiary/aromatic N) is 4. The van der Waals surface area contributed by atoms with Crippen LogP contribution in [0.1, 0.15) is 0 Å². The summed E-state index contributed by atoms with van der Waals surface area (Å²) in [5.74, 6) is 1.86. The van der Waals surface area contributed by atoms with E-state index in [-0.39, 0.29) is 0 Å². The Kier molecular flexibility index (Phi) is 6.64. The largest absolute Gasteiger partial charge is 0.278 e. The van der Waals surface area contributed by atoms with Crippen molar-refractivity contribution in [3.05, 3.63) is 170 Å². The molecule has 0 saturated heterocycles. The molecule has 0 aliphatic heterocycles. The third-order valence-corrected chi connectivity index (χ3v) is 10.6. The van der Waals surface area contributed by atoms with E-state index in [9.17, 15) is 0 Å². The summed E-state index contributed by atoms with van der Waals surface area (Å²) < 4.78 is 4.69. The lowest BCUT2D eigenvalue weighted by atomic mass is 9.98. The number of aromatic nitrogens is 4. The second kappa shape index (κ2) is 11.6. The van der Waals surface area contributed by atoms with Gasteiger partial charge in [-0.15, -0.1) is 11.3 Å². The zero-order valence-electron chi connectivity index (χ0n) is 26.9. The predicted octanol–water partition coefficient (Wildman–Crippen LogP) is 12.0. The van der Waals surface area contributed by atoms with E-state index in [1.165, 1.54) is 31.3 Å². The topological polar surface area (TPSA) is 43.6 Å². The summed E-state index contributed by atoms with van der Waals surface area (Å²) in [7, 11) is 0. The molecule has 7 aromatic carbocycles. The van der Waals surface area contributed by atoms with Crippen LogP contribution in [0.25, 0.3) is 93.0 Å². The summed E-state index contributed by atoms with van der Waals surface area (Å²) in [6.45, 7) is 0. The molecule has 0 unspecified atom stereocenters. The van der Waals surface area contributed by atoms with Gasteiger partial charge in [-0.3, -0.25) is 4.57 Å². The van der Waals surface area contributed by atoms with Gasteiger partial charge in [-0.25, -0.2) is 4.98 Å². The van der Waals surface area contributed by atoms with Crippen molar-refractivity contribution in [2.24, 2.45) is 0 Å². The highest BCUT2D eigenvalue weighted by molar-refractivity contribution is 7.25. The molecular weight excluding hydrogens is 629 g/mol. The zero-order valence-corrected chi connectivity index (χ0v) is 27.7. The standard InChI is InChI=1S/C45H28N4S/c1-2-12-29(13-3-1)30-14-10-15-31(26-30)32-16-11-17-33(27-32)43-46-44(34-24-25-42-38(28-34)37-20-6-9-23-41(37)50-42)48-45(47-43)49-39-21-7-4-18-35(39)36-19-5-8-22-40(36)49/h1-28H. The fraction of sp³-hybridized carbons (Fsp3) is 0. The highest BCUT2D eigenvalue weighted by atomic mass is 32.1. The fourth-order valence-electron chi connectivity index (χ4n) is 7.07. The molecule has 0 atom stereocenters. The first-order valence-electron chi connectivity index (χ1n) is 16.7. The Balaban J connectivity index is 1.18. The normalized spacial score (nSPS) is 11.6. The maximum atomic E-state index is 5.22. The number of benzene rings is 7. The van der Waals surface area contributed by atoms with Gasteiger partial charge in [0.2, 0.25) is 5.95 Å². The van der Waals surface area contributed by atoms with E-state index in [2.05, 4.69) is 168 Å². The number of hydrogen-bond donors (Lipinski definition) is 0. The van der Waals surface area contributed by atoms with Crippen LogP contribution < -0.4 is 0 Å². The summed E-state index contributed by atoms with van der Waals surface area (Å²) in [5, 5.41) is 4.79. The Morgan fingerprint density at radius 2 is 0.840 bits per heavy atom. The first kappa shape index (κ1) is 28.6. The molecule has 0 spiro atoms. The Morgan fingerprint density at radius 3 is 1.54 bits per heavy atom. The van der Waals surface area contributed by atoms with Gasteiger partial charge in [0.05, 0.1) is 11.0 Å². The highest BCUT2D eigenvalue weighted by Gasteiger charge is 2.18. The lowest BCUT2D eigenvalue weighted by Crippen LogP contribution is -2.06. The molecule has 0 aliphatic carbocycles. The van der Waals surface area contributed by atoms with Crippen LogP contribution in [0.5, 0.6) is 0 Å². The lowest BCUT2D eigenvalue weighted by Gasteiger charge is -2.12. The van der Waals surface area contributed by atoms with Crippen LogP contribution >= 0.6 is 11.3 Å². The van der Waals surface area contributed by atoms with E-state index in [1.54, 1.807) is 0 Å². The fourth-order valence-corrected chi connectivity index (χ4v) is 8.16. The van der Waals surface area contributed by atoms with Gasteiger partial charge >= 0.3 is 0 Å². The van der Waals surface area contributed by atoms with Crippen molar-refractivity contribution in [3.63, 3.8) is 0 Å². The SMILES string of the molecule is c1ccc(-c2cccc(-c3cccc(-c4nc(-c5ccc6sc7ccccc7c6c5)nc(-n5c6ccccc6c6ccccc65)n4)c3)c2)cc1. The molecule has 0 bridgehead atoms. The first-order chi connectivity index (χ1) is 24.8. The second-order valence-electron chi connectivity index (χ2n) is 12.5. The molecule has 0 N–H and O–H groups in total. The van der Waals surface area contributed by atoms with Crippen molar-refractivity contribution in [2.45, 2.75) is 0 Å². The number of fused-ring (bicyclic) bond motifs is 6. The van der Waals surface area contributed by atoms with Gasteiger partial charge in [0, 0.05) is 42.1 Å². The molecule has 0 radical (unpaired) electrons. The van der Waals surface area contributed by atoms with Gasteiger partial charge in [-0.1, -0.05) is 121 Å². The van der Waals surface area contributed by atoms with Crippen LogP contribution in [0.2, 0.25) is 0 Å². The van der Waals surface area contributed by atoms with E-state index in [0.717, 1.165) is 44.1 Å². The molecule has 4 nitrogen and oxygen atoms in total. The highest BCUT2D eigenvalue weighted by Crippen LogP contribution is 2.37. The van der Waals surface area contributed by atoms with Gasteiger partial charge in [0.1, 0.15) is 0 Å². The molecule has 10 rings (SSSR count). The molecule has 234 valence electrons. The van der Waals surface area contributed by atoms with Gasteiger partial charge in [0.15, 0.2) is 11.6 Å². The first-order valence-corrected chi connectivity index (χ1v) is 17.5. The monoisotopic (exact) mass is 656 g/mol. The Hall–Kier alpha value is -6.43. The number of hydrogen-bond acceptors (Lipinski definition) is 4. The molecule has 10 aromatic rings. The average Bonchev–Trinajstić information content (AvgIpc) is 3.74. The van der Waals surface area contributed by atoms with Crippen LogP contribution in [0.4, 0.5) is 0 Å². The van der Waals surface area contributed by atoms with Gasteiger partial charge < -0.3 is 0 Å². The Bertz CT molecular complexity index is 2830. The van der Waals surface area contributed by atoms with Crippen molar-refractivity contribution in [1.82, 2.24) is 19.5 Å². The van der Waals surface area contributed by atoms with Crippen LogP contribution in [0, 0.1) is 0 Å². The second-order valence-corrected chi connectivity index (χ2v) is 13.6. The molecule has 0 aliphatic rings. The van der Waals surface area contributed by atoms with Crippen molar-refractivity contribution in [3.8, 4) is 51.0 Å². The Morgan fingerprint density at radius 1 is 0.340 bits per heavy atom. The van der Waals surface area contributed by atoms with Crippen LogP contribution in [-0.4, -0.2) is 19.5 Å².